The normalized spacial score (nSPS) is 11.0. The highest BCUT2D eigenvalue weighted by Crippen LogP contribution is 2.25. The van der Waals surface area contributed by atoms with E-state index in [-0.39, 0.29) is 0 Å². The van der Waals surface area contributed by atoms with Crippen molar-refractivity contribution in [1.82, 2.24) is 9.97 Å². The number of hydrogen-bond donors (Lipinski definition) is 2. The van der Waals surface area contributed by atoms with Gasteiger partial charge in [0.1, 0.15) is 5.82 Å². The van der Waals surface area contributed by atoms with E-state index in [0.717, 1.165) is 18.1 Å². The largest absolute Gasteiger partial charge is 0.370 e. The Kier molecular flexibility index (Phi) is 5.14. The minimum atomic E-state index is 0.455. The predicted octanol–water partition coefficient (Wildman–Crippen LogP) is 4.41. The van der Waals surface area contributed by atoms with Gasteiger partial charge in [-0.3, -0.25) is 0 Å². The molecule has 0 saturated heterocycles. The molecule has 1 aromatic carbocycles. The van der Waals surface area contributed by atoms with E-state index in [1.807, 2.05) is 12.1 Å². The van der Waals surface area contributed by atoms with Crippen LogP contribution in [0.25, 0.3) is 0 Å². The third-order valence-corrected chi connectivity index (χ3v) is 3.18. The van der Waals surface area contributed by atoms with Crippen LogP contribution in [0, 0.1) is 5.92 Å². The Morgan fingerprint density at radius 2 is 1.81 bits per heavy atom. The molecule has 1 heterocycles. The quantitative estimate of drug-likeness (QED) is 0.825. The van der Waals surface area contributed by atoms with E-state index < -0.39 is 0 Å². The van der Waals surface area contributed by atoms with Gasteiger partial charge in [-0.2, -0.15) is 4.98 Å². The Bertz CT molecular complexity index is 579. The Hall–Kier alpha value is -2.10. The SMILES string of the molecule is CC(C)CNc1ccnc(Nc2ccccc2C(C)C)n1. The van der Waals surface area contributed by atoms with Crippen molar-refractivity contribution >= 4 is 17.5 Å². The smallest absolute Gasteiger partial charge is 0.229 e. The summed E-state index contributed by atoms with van der Waals surface area (Å²) >= 11 is 0. The van der Waals surface area contributed by atoms with Crippen LogP contribution in [0.15, 0.2) is 36.5 Å². The Morgan fingerprint density at radius 1 is 1.05 bits per heavy atom. The first-order valence-electron chi connectivity index (χ1n) is 7.49. The van der Waals surface area contributed by atoms with Gasteiger partial charge in [0, 0.05) is 18.4 Å². The van der Waals surface area contributed by atoms with Crippen LogP contribution in [0.2, 0.25) is 0 Å². The molecule has 0 unspecified atom stereocenters. The van der Waals surface area contributed by atoms with Crippen molar-refractivity contribution in [1.29, 1.82) is 0 Å². The van der Waals surface area contributed by atoms with E-state index in [9.17, 15) is 0 Å². The van der Waals surface area contributed by atoms with Gasteiger partial charge < -0.3 is 10.6 Å². The van der Waals surface area contributed by atoms with Crippen LogP contribution in [0.1, 0.15) is 39.2 Å². The molecule has 4 heteroatoms. The number of nitrogens with zero attached hydrogens (tertiary/aromatic N) is 2. The summed E-state index contributed by atoms with van der Waals surface area (Å²) in [6.45, 7) is 9.61. The van der Waals surface area contributed by atoms with Gasteiger partial charge in [0.25, 0.3) is 0 Å². The third kappa shape index (κ3) is 4.45. The molecule has 0 spiro atoms. The summed E-state index contributed by atoms with van der Waals surface area (Å²) in [5.74, 6) is 2.51. The summed E-state index contributed by atoms with van der Waals surface area (Å²) in [6, 6.07) is 10.2. The fourth-order valence-electron chi connectivity index (χ4n) is 2.06. The summed E-state index contributed by atoms with van der Waals surface area (Å²) < 4.78 is 0. The Labute approximate surface area is 127 Å². The average Bonchev–Trinajstić information content (AvgIpc) is 2.46. The predicted molar refractivity (Wildman–Crippen MR) is 89.2 cm³/mol. The van der Waals surface area contributed by atoms with E-state index in [1.165, 1.54) is 5.56 Å². The van der Waals surface area contributed by atoms with E-state index in [4.69, 9.17) is 0 Å². The minimum absolute atomic E-state index is 0.455. The van der Waals surface area contributed by atoms with E-state index in [2.05, 4.69) is 66.5 Å². The summed E-state index contributed by atoms with van der Waals surface area (Å²) in [6.07, 6.45) is 1.77. The molecule has 21 heavy (non-hydrogen) atoms. The van der Waals surface area contributed by atoms with Crippen LogP contribution in [0.5, 0.6) is 0 Å². The van der Waals surface area contributed by atoms with Crippen molar-refractivity contribution in [2.24, 2.45) is 5.92 Å². The lowest BCUT2D eigenvalue weighted by molar-refractivity contribution is 0.687. The molecule has 0 fully saturated rings. The lowest BCUT2D eigenvalue weighted by Crippen LogP contribution is -2.10. The highest BCUT2D eigenvalue weighted by Gasteiger charge is 2.07. The molecule has 0 aliphatic carbocycles. The van der Waals surface area contributed by atoms with Crippen molar-refractivity contribution in [3.05, 3.63) is 42.1 Å². The van der Waals surface area contributed by atoms with Crippen molar-refractivity contribution < 1.29 is 0 Å². The topological polar surface area (TPSA) is 49.8 Å². The van der Waals surface area contributed by atoms with E-state index >= 15 is 0 Å². The molecule has 0 amide bonds. The van der Waals surface area contributed by atoms with Gasteiger partial charge in [-0.05, 0) is 29.5 Å². The lowest BCUT2D eigenvalue weighted by Gasteiger charge is -2.14. The van der Waals surface area contributed by atoms with Gasteiger partial charge in [0.2, 0.25) is 5.95 Å². The van der Waals surface area contributed by atoms with Crippen LogP contribution < -0.4 is 10.6 Å². The van der Waals surface area contributed by atoms with Crippen molar-refractivity contribution in [3.8, 4) is 0 Å². The number of benzene rings is 1. The van der Waals surface area contributed by atoms with E-state index in [1.54, 1.807) is 6.20 Å². The molecular formula is C17H24N4. The van der Waals surface area contributed by atoms with Gasteiger partial charge in [-0.1, -0.05) is 45.9 Å². The number of hydrogen-bond acceptors (Lipinski definition) is 4. The first-order valence-corrected chi connectivity index (χ1v) is 7.49. The molecule has 2 rings (SSSR count). The molecule has 0 aliphatic rings. The highest BCUT2D eigenvalue weighted by molar-refractivity contribution is 5.60. The van der Waals surface area contributed by atoms with Crippen LogP contribution >= 0.6 is 0 Å². The van der Waals surface area contributed by atoms with Gasteiger partial charge in [-0.15, -0.1) is 0 Å². The van der Waals surface area contributed by atoms with Gasteiger partial charge in [-0.25, -0.2) is 4.98 Å². The van der Waals surface area contributed by atoms with Crippen LogP contribution in [-0.4, -0.2) is 16.5 Å². The molecule has 112 valence electrons. The Balaban J connectivity index is 2.15. The summed E-state index contributed by atoms with van der Waals surface area (Å²) in [5.41, 5.74) is 2.33. The standard InChI is InChI=1S/C17H24N4/c1-12(2)11-19-16-9-10-18-17(21-16)20-15-8-6-5-7-14(15)13(3)4/h5-10,12-13H,11H2,1-4H3,(H2,18,19,20,21). The maximum Gasteiger partial charge on any atom is 0.229 e. The number of rotatable bonds is 6. The van der Waals surface area contributed by atoms with Crippen LogP contribution in [0.4, 0.5) is 17.5 Å². The first-order chi connectivity index (χ1) is 10.1. The maximum atomic E-state index is 4.51. The molecule has 2 N–H and O–H groups in total. The maximum absolute atomic E-state index is 4.51. The fourth-order valence-corrected chi connectivity index (χ4v) is 2.06. The first kappa shape index (κ1) is 15.3. The summed E-state index contributed by atoms with van der Waals surface area (Å²) in [5, 5.41) is 6.64. The summed E-state index contributed by atoms with van der Waals surface area (Å²) in [4.78, 5) is 8.81. The second-order valence-corrected chi connectivity index (χ2v) is 5.91. The number of anilines is 3. The minimum Gasteiger partial charge on any atom is -0.370 e. The fraction of sp³-hybridized carbons (Fsp3) is 0.412. The molecule has 0 atom stereocenters. The molecule has 2 aromatic rings. The van der Waals surface area contributed by atoms with Crippen LogP contribution in [0.3, 0.4) is 0 Å². The number of para-hydroxylation sites is 1. The Morgan fingerprint density at radius 3 is 2.52 bits per heavy atom. The zero-order chi connectivity index (χ0) is 15.2. The third-order valence-electron chi connectivity index (χ3n) is 3.18. The van der Waals surface area contributed by atoms with Crippen molar-refractivity contribution in [2.45, 2.75) is 33.6 Å². The molecule has 1 aromatic heterocycles. The zero-order valence-electron chi connectivity index (χ0n) is 13.2. The van der Waals surface area contributed by atoms with Gasteiger partial charge in [0.15, 0.2) is 0 Å². The molecule has 0 bridgehead atoms. The lowest BCUT2D eigenvalue weighted by atomic mass is 10.0. The van der Waals surface area contributed by atoms with E-state index in [0.29, 0.717) is 17.8 Å². The highest BCUT2D eigenvalue weighted by atomic mass is 15.1. The number of nitrogens with one attached hydrogen (secondary N) is 2. The molecule has 0 radical (unpaired) electrons. The monoisotopic (exact) mass is 284 g/mol. The van der Waals surface area contributed by atoms with Gasteiger partial charge >= 0.3 is 0 Å². The molecule has 0 saturated carbocycles. The second kappa shape index (κ2) is 7.07. The van der Waals surface area contributed by atoms with Crippen LogP contribution in [-0.2, 0) is 0 Å². The summed E-state index contributed by atoms with van der Waals surface area (Å²) in [7, 11) is 0. The molecule has 4 nitrogen and oxygen atoms in total. The zero-order valence-corrected chi connectivity index (χ0v) is 13.2. The van der Waals surface area contributed by atoms with Crippen molar-refractivity contribution in [3.63, 3.8) is 0 Å². The second-order valence-electron chi connectivity index (χ2n) is 5.91. The van der Waals surface area contributed by atoms with Crippen molar-refractivity contribution in [2.75, 3.05) is 17.2 Å². The molecule has 0 aliphatic heterocycles. The average molecular weight is 284 g/mol. The number of aromatic nitrogens is 2. The van der Waals surface area contributed by atoms with Gasteiger partial charge in [0.05, 0.1) is 0 Å². The molecular weight excluding hydrogens is 260 g/mol.